The number of benzene rings is 1. The van der Waals surface area contributed by atoms with E-state index < -0.39 is 17.8 Å². The van der Waals surface area contributed by atoms with E-state index in [4.69, 9.17) is 0 Å². The van der Waals surface area contributed by atoms with Crippen molar-refractivity contribution in [3.05, 3.63) is 53.3 Å². The van der Waals surface area contributed by atoms with Crippen LogP contribution in [0.5, 0.6) is 0 Å². The molecule has 18 heavy (non-hydrogen) atoms. The van der Waals surface area contributed by atoms with Crippen molar-refractivity contribution in [1.29, 1.82) is 0 Å². The number of aromatic nitrogens is 2. The SMILES string of the molecule is Cc1cc(C(F)(F)F)nn1C(=O)c1ccccc1. The average molecular weight is 254 g/mol. The Labute approximate surface area is 101 Å². The van der Waals surface area contributed by atoms with E-state index in [1.54, 1.807) is 18.2 Å². The van der Waals surface area contributed by atoms with Crippen molar-refractivity contribution < 1.29 is 18.0 Å². The molecule has 0 saturated carbocycles. The van der Waals surface area contributed by atoms with Gasteiger partial charge < -0.3 is 0 Å². The molecule has 0 N–H and O–H groups in total. The molecule has 0 atom stereocenters. The van der Waals surface area contributed by atoms with Crippen LogP contribution in [0.4, 0.5) is 13.2 Å². The van der Waals surface area contributed by atoms with E-state index in [2.05, 4.69) is 5.10 Å². The molecule has 0 spiro atoms. The first kappa shape index (κ1) is 12.3. The van der Waals surface area contributed by atoms with Crippen molar-refractivity contribution in [3.8, 4) is 0 Å². The Morgan fingerprint density at radius 3 is 2.33 bits per heavy atom. The smallest absolute Gasteiger partial charge is 0.267 e. The molecule has 0 fully saturated rings. The summed E-state index contributed by atoms with van der Waals surface area (Å²) < 4.78 is 38.1. The zero-order valence-electron chi connectivity index (χ0n) is 9.40. The summed E-state index contributed by atoms with van der Waals surface area (Å²) in [6.45, 7) is 1.41. The highest BCUT2D eigenvalue weighted by Gasteiger charge is 2.35. The van der Waals surface area contributed by atoms with Gasteiger partial charge >= 0.3 is 6.18 Å². The first-order chi connectivity index (χ1) is 8.39. The second-order valence-corrected chi connectivity index (χ2v) is 3.75. The second-order valence-electron chi connectivity index (χ2n) is 3.75. The van der Waals surface area contributed by atoms with Gasteiger partial charge in [0.1, 0.15) is 0 Å². The molecule has 0 aliphatic rings. The molecular formula is C12H9F3N2O. The predicted molar refractivity (Wildman–Crippen MR) is 58.1 cm³/mol. The summed E-state index contributed by atoms with van der Waals surface area (Å²) in [5, 5.41) is 3.30. The number of halogens is 3. The van der Waals surface area contributed by atoms with E-state index in [-0.39, 0.29) is 11.3 Å². The third kappa shape index (κ3) is 2.27. The van der Waals surface area contributed by atoms with Crippen LogP contribution in [0.15, 0.2) is 36.4 Å². The normalized spacial score (nSPS) is 11.6. The average Bonchev–Trinajstić information content (AvgIpc) is 2.71. The van der Waals surface area contributed by atoms with E-state index in [1.807, 2.05) is 0 Å². The molecule has 0 aliphatic carbocycles. The summed E-state index contributed by atoms with van der Waals surface area (Å²) in [6.07, 6.45) is -4.55. The summed E-state index contributed by atoms with van der Waals surface area (Å²) in [6, 6.07) is 8.88. The van der Waals surface area contributed by atoms with E-state index in [0.717, 1.165) is 10.7 Å². The molecule has 94 valence electrons. The third-order valence-electron chi connectivity index (χ3n) is 2.39. The fraction of sp³-hybridized carbons (Fsp3) is 0.167. The topological polar surface area (TPSA) is 34.9 Å². The first-order valence-electron chi connectivity index (χ1n) is 5.13. The highest BCUT2D eigenvalue weighted by molar-refractivity contribution is 5.95. The van der Waals surface area contributed by atoms with Gasteiger partial charge in [-0.05, 0) is 25.1 Å². The van der Waals surface area contributed by atoms with Crippen LogP contribution >= 0.6 is 0 Å². The minimum atomic E-state index is -4.55. The van der Waals surface area contributed by atoms with Crippen molar-refractivity contribution >= 4 is 5.91 Å². The molecule has 2 rings (SSSR count). The number of nitrogens with zero attached hydrogens (tertiary/aromatic N) is 2. The number of alkyl halides is 3. The van der Waals surface area contributed by atoms with Gasteiger partial charge in [0.25, 0.3) is 5.91 Å². The van der Waals surface area contributed by atoms with Crippen molar-refractivity contribution in [1.82, 2.24) is 9.78 Å². The van der Waals surface area contributed by atoms with Crippen LogP contribution in [-0.2, 0) is 6.18 Å². The molecule has 0 unspecified atom stereocenters. The minimum Gasteiger partial charge on any atom is -0.267 e. The highest BCUT2D eigenvalue weighted by Crippen LogP contribution is 2.28. The number of carbonyl (C=O) groups excluding carboxylic acids is 1. The summed E-state index contributed by atoms with van der Waals surface area (Å²) in [5.41, 5.74) is -0.627. The standard InChI is InChI=1S/C12H9F3N2O/c1-8-7-10(12(13,14)15)16-17(8)11(18)9-5-3-2-4-6-9/h2-7H,1H3. The molecule has 1 aromatic carbocycles. The summed E-state index contributed by atoms with van der Waals surface area (Å²) in [7, 11) is 0. The molecule has 0 bridgehead atoms. The lowest BCUT2D eigenvalue weighted by atomic mass is 10.2. The maximum absolute atomic E-state index is 12.5. The van der Waals surface area contributed by atoms with Gasteiger partial charge in [0, 0.05) is 11.3 Å². The molecule has 0 amide bonds. The molecule has 1 aromatic heterocycles. The zero-order valence-corrected chi connectivity index (χ0v) is 9.40. The van der Waals surface area contributed by atoms with Gasteiger partial charge in [-0.15, -0.1) is 0 Å². The number of hydrogen-bond donors (Lipinski definition) is 0. The summed E-state index contributed by atoms with van der Waals surface area (Å²) >= 11 is 0. The van der Waals surface area contributed by atoms with Crippen LogP contribution in [-0.4, -0.2) is 15.7 Å². The number of carbonyl (C=O) groups is 1. The summed E-state index contributed by atoms with van der Waals surface area (Å²) in [5.74, 6) is -0.580. The third-order valence-corrected chi connectivity index (χ3v) is 2.39. The fourth-order valence-electron chi connectivity index (χ4n) is 1.52. The largest absolute Gasteiger partial charge is 0.435 e. The number of aryl methyl sites for hydroxylation is 1. The van der Waals surface area contributed by atoms with Gasteiger partial charge in [0.15, 0.2) is 5.69 Å². The molecule has 3 nitrogen and oxygen atoms in total. The first-order valence-corrected chi connectivity index (χ1v) is 5.13. The lowest BCUT2D eigenvalue weighted by molar-refractivity contribution is -0.141. The molecule has 6 heteroatoms. The van der Waals surface area contributed by atoms with Crippen LogP contribution in [0.1, 0.15) is 21.7 Å². The maximum atomic E-state index is 12.5. The highest BCUT2D eigenvalue weighted by atomic mass is 19.4. The van der Waals surface area contributed by atoms with Crippen molar-refractivity contribution in [3.63, 3.8) is 0 Å². The van der Waals surface area contributed by atoms with Crippen molar-refractivity contribution in [2.45, 2.75) is 13.1 Å². The summed E-state index contributed by atoms with van der Waals surface area (Å²) in [4.78, 5) is 11.9. The molecule has 0 radical (unpaired) electrons. The Kier molecular flexibility index (Phi) is 2.94. The van der Waals surface area contributed by atoms with Gasteiger partial charge in [0.2, 0.25) is 0 Å². The van der Waals surface area contributed by atoms with E-state index in [1.165, 1.54) is 19.1 Å². The Hall–Kier alpha value is -2.11. The number of rotatable bonds is 1. The Balaban J connectivity index is 2.41. The Bertz CT molecular complexity index is 573. The predicted octanol–water partition coefficient (Wildman–Crippen LogP) is 2.90. The molecule has 0 saturated heterocycles. The lowest BCUT2D eigenvalue weighted by Crippen LogP contribution is -2.16. The van der Waals surface area contributed by atoms with Crippen LogP contribution in [0, 0.1) is 6.92 Å². The van der Waals surface area contributed by atoms with Gasteiger partial charge in [0.05, 0.1) is 0 Å². The van der Waals surface area contributed by atoms with E-state index in [9.17, 15) is 18.0 Å². The van der Waals surface area contributed by atoms with Gasteiger partial charge in [-0.3, -0.25) is 4.79 Å². The van der Waals surface area contributed by atoms with Crippen LogP contribution in [0.25, 0.3) is 0 Å². The Morgan fingerprint density at radius 1 is 1.22 bits per heavy atom. The molecule has 1 heterocycles. The second kappa shape index (κ2) is 4.29. The van der Waals surface area contributed by atoms with Gasteiger partial charge in [-0.25, -0.2) is 4.68 Å². The van der Waals surface area contributed by atoms with Crippen molar-refractivity contribution in [2.24, 2.45) is 0 Å². The maximum Gasteiger partial charge on any atom is 0.435 e. The molecule has 2 aromatic rings. The van der Waals surface area contributed by atoms with Crippen molar-refractivity contribution in [2.75, 3.05) is 0 Å². The van der Waals surface area contributed by atoms with Gasteiger partial charge in [-0.2, -0.15) is 18.3 Å². The van der Waals surface area contributed by atoms with Crippen LogP contribution in [0.3, 0.4) is 0 Å². The fourth-order valence-corrected chi connectivity index (χ4v) is 1.52. The van der Waals surface area contributed by atoms with Crippen LogP contribution < -0.4 is 0 Å². The quantitative estimate of drug-likeness (QED) is 0.784. The van der Waals surface area contributed by atoms with Gasteiger partial charge in [-0.1, -0.05) is 18.2 Å². The van der Waals surface area contributed by atoms with E-state index >= 15 is 0 Å². The molecule has 0 aliphatic heterocycles. The minimum absolute atomic E-state index is 0.149. The molecular weight excluding hydrogens is 245 g/mol. The Morgan fingerprint density at radius 2 is 1.83 bits per heavy atom. The number of hydrogen-bond acceptors (Lipinski definition) is 2. The zero-order chi connectivity index (χ0) is 13.3. The van der Waals surface area contributed by atoms with Crippen LogP contribution in [0.2, 0.25) is 0 Å². The lowest BCUT2D eigenvalue weighted by Gasteiger charge is -2.03. The van der Waals surface area contributed by atoms with E-state index in [0.29, 0.717) is 0 Å². The monoisotopic (exact) mass is 254 g/mol.